The molecule has 0 saturated carbocycles. The van der Waals surface area contributed by atoms with Gasteiger partial charge in [0.25, 0.3) is 0 Å². The maximum Gasteiger partial charge on any atom is 0.339 e. The normalized spacial score (nSPS) is 10.5. The molecule has 0 amide bonds. The molecule has 0 unspecified atom stereocenters. The maximum absolute atomic E-state index is 11.3. The zero-order valence-electron chi connectivity index (χ0n) is 9.72. The highest BCUT2D eigenvalue weighted by Crippen LogP contribution is 2.23. The lowest BCUT2D eigenvalue weighted by Gasteiger charge is -1.97. The molecule has 0 fully saturated rings. The Morgan fingerprint density at radius 1 is 1.32 bits per heavy atom. The van der Waals surface area contributed by atoms with Gasteiger partial charge in [0.05, 0.1) is 12.5 Å². The molecule has 0 radical (unpaired) electrons. The number of furan rings is 1. The first kappa shape index (κ1) is 11.2. The molecule has 19 heavy (non-hydrogen) atoms. The van der Waals surface area contributed by atoms with Gasteiger partial charge in [0.15, 0.2) is 5.82 Å². The minimum atomic E-state index is -1.04. The monoisotopic (exact) mass is 255 g/mol. The minimum absolute atomic E-state index is 0.104. The van der Waals surface area contributed by atoms with Crippen LogP contribution in [0.5, 0.6) is 0 Å². The molecule has 0 aromatic carbocycles. The molecule has 6 heteroatoms. The molecule has 0 aliphatic heterocycles. The summed E-state index contributed by atoms with van der Waals surface area (Å²) in [5.41, 5.74) is 1.08. The fraction of sp³-hybridized carbons (Fsp3) is 0. The van der Waals surface area contributed by atoms with E-state index < -0.39 is 5.97 Å². The number of hydrogen-bond donors (Lipinski definition) is 1. The van der Waals surface area contributed by atoms with E-state index in [-0.39, 0.29) is 5.56 Å². The van der Waals surface area contributed by atoms with Crippen LogP contribution in [0, 0.1) is 0 Å². The second-order valence-corrected chi connectivity index (χ2v) is 3.84. The van der Waals surface area contributed by atoms with Gasteiger partial charge in [-0.05, 0) is 18.2 Å². The Labute approximate surface area is 107 Å². The van der Waals surface area contributed by atoms with Crippen molar-refractivity contribution in [1.82, 2.24) is 14.8 Å². The molecule has 3 aromatic rings. The third kappa shape index (κ3) is 1.99. The highest BCUT2D eigenvalue weighted by Gasteiger charge is 2.18. The van der Waals surface area contributed by atoms with E-state index in [4.69, 9.17) is 4.42 Å². The molecule has 0 saturated heterocycles. The zero-order valence-corrected chi connectivity index (χ0v) is 9.72. The van der Waals surface area contributed by atoms with Crippen LogP contribution in [0.25, 0.3) is 17.1 Å². The standard InChI is InChI=1S/C13H9N3O3/c17-13(18)10-7-16(11-3-1-2-5-14-11)15-12(10)9-4-6-19-8-9/h1-8H,(H,17,18). The number of carbonyl (C=O) groups is 1. The van der Waals surface area contributed by atoms with Crippen molar-refractivity contribution in [2.24, 2.45) is 0 Å². The lowest BCUT2D eigenvalue weighted by Crippen LogP contribution is -1.97. The molecule has 1 N–H and O–H groups in total. The van der Waals surface area contributed by atoms with Crippen molar-refractivity contribution in [3.8, 4) is 17.1 Å². The molecule has 0 spiro atoms. The number of pyridine rings is 1. The van der Waals surface area contributed by atoms with Crippen LogP contribution >= 0.6 is 0 Å². The fourth-order valence-corrected chi connectivity index (χ4v) is 1.75. The van der Waals surface area contributed by atoms with E-state index in [0.717, 1.165) is 0 Å². The number of carboxylic acids is 1. The minimum Gasteiger partial charge on any atom is -0.478 e. The molecule has 6 nitrogen and oxygen atoms in total. The smallest absolute Gasteiger partial charge is 0.339 e. The summed E-state index contributed by atoms with van der Waals surface area (Å²) >= 11 is 0. The van der Waals surface area contributed by atoms with E-state index in [1.165, 1.54) is 23.4 Å². The highest BCUT2D eigenvalue weighted by molar-refractivity contribution is 5.94. The molecular formula is C13H9N3O3. The number of carboxylic acid groups (broad SMARTS) is 1. The van der Waals surface area contributed by atoms with Gasteiger partial charge in [-0.2, -0.15) is 5.10 Å². The van der Waals surface area contributed by atoms with Crippen molar-refractivity contribution in [1.29, 1.82) is 0 Å². The van der Waals surface area contributed by atoms with Crippen LogP contribution < -0.4 is 0 Å². The van der Waals surface area contributed by atoms with Crippen LogP contribution in [-0.4, -0.2) is 25.8 Å². The second kappa shape index (κ2) is 4.41. The Bertz CT molecular complexity index is 702. The first-order valence-electron chi connectivity index (χ1n) is 5.52. The summed E-state index contributed by atoms with van der Waals surface area (Å²) in [5.74, 6) is -0.488. The summed E-state index contributed by atoms with van der Waals surface area (Å²) < 4.78 is 6.40. The van der Waals surface area contributed by atoms with Crippen molar-refractivity contribution in [2.75, 3.05) is 0 Å². The lowest BCUT2D eigenvalue weighted by molar-refractivity contribution is 0.0697. The Hall–Kier alpha value is -2.89. The molecular weight excluding hydrogens is 246 g/mol. The van der Waals surface area contributed by atoms with Crippen LogP contribution in [-0.2, 0) is 0 Å². The van der Waals surface area contributed by atoms with Gasteiger partial charge in [0.2, 0.25) is 0 Å². The van der Waals surface area contributed by atoms with Crippen molar-refractivity contribution >= 4 is 5.97 Å². The van der Waals surface area contributed by atoms with Gasteiger partial charge in [0, 0.05) is 18.0 Å². The predicted molar refractivity (Wildman–Crippen MR) is 66.0 cm³/mol. The van der Waals surface area contributed by atoms with E-state index in [9.17, 15) is 9.90 Å². The predicted octanol–water partition coefficient (Wildman–Crippen LogP) is 2.23. The van der Waals surface area contributed by atoms with Crippen molar-refractivity contribution in [3.05, 3.63) is 54.7 Å². The number of rotatable bonds is 3. The Morgan fingerprint density at radius 2 is 2.21 bits per heavy atom. The van der Waals surface area contributed by atoms with E-state index in [1.807, 2.05) is 6.07 Å². The van der Waals surface area contributed by atoms with E-state index in [1.54, 1.807) is 24.4 Å². The summed E-state index contributed by atoms with van der Waals surface area (Å²) in [5, 5.41) is 13.5. The Kier molecular flexibility index (Phi) is 2.60. The van der Waals surface area contributed by atoms with E-state index in [2.05, 4.69) is 10.1 Å². The van der Waals surface area contributed by atoms with Gasteiger partial charge < -0.3 is 9.52 Å². The molecule has 0 aliphatic rings. The summed E-state index contributed by atoms with van der Waals surface area (Å²) in [6.07, 6.45) is 5.99. The van der Waals surface area contributed by atoms with Crippen LogP contribution in [0.4, 0.5) is 0 Å². The largest absolute Gasteiger partial charge is 0.478 e. The van der Waals surface area contributed by atoms with Gasteiger partial charge >= 0.3 is 5.97 Å². The van der Waals surface area contributed by atoms with Crippen LogP contribution in [0.1, 0.15) is 10.4 Å². The van der Waals surface area contributed by atoms with Gasteiger partial charge in [-0.15, -0.1) is 0 Å². The maximum atomic E-state index is 11.3. The van der Waals surface area contributed by atoms with E-state index in [0.29, 0.717) is 17.1 Å². The number of aromatic carboxylic acids is 1. The van der Waals surface area contributed by atoms with Crippen LogP contribution in [0.15, 0.2) is 53.6 Å². The molecule has 3 rings (SSSR count). The van der Waals surface area contributed by atoms with Crippen molar-refractivity contribution < 1.29 is 14.3 Å². The summed E-state index contributed by atoms with van der Waals surface area (Å²) in [7, 11) is 0. The first-order chi connectivity index (χ1) is 9.25. The zero-order chi connectivity index (χ0) is 13.2. The van der Waals surface area contributed by atoms with Crippen LogP contribution in [0.2, 0.25) is 0 Å². The third-order valence-corrected chi connectivity index (χ3v) is 2.62. The Morgan fingerprint density at radius 3 is 2.84 bits per heavy atom. The van der Waals surface area contributed by atoms with Gasteiger partial charge in [-0.25, -0.2) is 14.5 Å². The molecule has 3 heterocycles. The molecule has 0 aliphatic carbocycles. The quantitative estimate of drug-likeness (QED) is 0.776. The first-order valence-corrected chi connectivity index (χ1v) is 5.52. The highest BCUT2D eigenvalue weighted by atomic mass is 16.4. The van der Waals surface area contributed by atoms with Gasteiger partial charge in [-0.1, -0.05) is 6.07 Å². The van der Waals surface area contributed by atoms with Crippen LogP contribution in [0.3, 0.4) is 0 Å². The summed E-state index contributed by atoms with van der Waals surface area (Å²) in [6.45, 7) is 0. The summed E-state index contributed by atoms with van der Waals surface area (Å²) in [6, 6.07) is 7.00. The number of nitrogens with zero attached hydrogens (tertiary/aromatic N) is 3. The Balaban J connectivity index is 2.15. The molecule has 94 valence electrons. The van der Waals surface area contributed by atoms with Gasteiger partial charge in [0.1, 0.15) is 11.3 Å². The lowest BCUT2D eigenvalue weighted by atomic mass is 10.1. The third-order valence-electron chi connectivity index (χ3n) is 2.62. The van der Waals surface area contributed by atoms with Crippen molar-refractivity contribution in [3.63, 3.8) is 0 Å². The average Bonchev–Trinajstić information content (AvgIpc) is 3.08. The number of aromatic nitrogens is 3. The summed E-state index contributed by atoms with van der Waals surface area (Å²) in [4.78, 5) is 15.4. The average molecular weight is 255 g/mol. The molecule has 3 aromatic heterocycles. The topological polar surface area (TPSA) is 81.1 Å². The van der Waals surface area contributed by atoms with Gasteiger partial charge in [-0.3, -0.25) is 0 Å². The fourth-order valence-electron chi connectivity index (χ4n) is 1.75. The molecule has 0 atom stereocenters. The number of hydrogen-bond acceptors (Lipinski definition) is 4. The molecule has 0 bridgehead atoms. The SMILES string of the molecule is O=C(O)c1cn(-c2ccccn2)nc1-c1ccoc1. The van der Waals surface area contributed by atoms with E-state index >= 15 is 0 Å². The second-order valence-electron chi connectivity index (χ2n) is 3.84. The van der Waals surface area contributed by atoms with Crippen molar-refractivity contribution in [2.45, 2.75) is 0 Å².